The minimum absolute atomic E-state index is 0.0717. The number of carbonyl (C=O) groups excluding carboxylic acids is 1. The number of fused-ring (bicyclic) bond motifs is 1. The van der Waals surface area contributed by atoms with Crippen molar-refractivity contribution in [3.8, 4) is 11.5 Å². The Morgan fingerprint density at radius 3 is 2.71 bits per heavy atom. The van der Waals surface area contributed by atoms with Crippen molar-refractivity contribution in [3.63, 3.8) is 0 Å². The van der Waals surface area contributed by atoms with Crippen molar-refractivity contribution in [1.29, 1.82) is 0 Å². The van der Waals surface area contributed by atoms with Gasteiger partial charge in [0.2, 0.25) is 0 Å². The first-order valence-electron chi connectivity index (χ1n) is 11.2. The maximum absolute atomic E-state index is 13.8. The predicted molar refractivity (Wildman–Crippen MR) is 138 cm³/mol. The van der Waals surface area contributed by atoms with Crippen LogP contribution in [0.25, 0.3) is 6.08 Å². The molecule has 0 saturated heterocycles. The van der Waals surface area contributed by atoms with Crippen molar-refractivity contribution in [2.75, 3.05) is 13.7 Å². The van der Waals surface area contributed by atoms with E-state index < -0.39 is 12.0 Å². The zero-order chi connectivity index (χ0) is 25.1. The average Bonchev–Trinajstić information content (AvgIpc) is 3.14. The average molecular weight is 557 g/mol. The van der Waals surface area contributed by atoms with Crippen molar-refractivity contribution < 1.29 is 19.4 Å². The van der Waals surface area contributed by atoms with Crippen molar-refractivity contribution >= 4 is 39.3 Å². The highest BCUT2D eigenvalue weighted by Crippen LogP contribution is 2.38. The predicted octanol–water partition coefficient (Wildman–Crippen LogP) is 4.06. The van der Waals surface area contributed by atoms with E-state index in [0.29, 0.717) is 43.9 Å². The van der Waals surface area contributed by atoms with Crippen molar-refractivity contribution in [1.82, 2.24) is 4.57 Å². The Morgan fingerprint density at radius 1 is 1.26 bits per heavy atom. The van der Waals surface area contributed by atoms with Gasteiger partial charge >= 0.3 is 5.97 Å². The van der Waals surface area contributed by atoms with Crippen LogP contribution in [0.1, 0.15) is 43.9 Å². The number of benzene rings is 2. The monoisotopic (exact) mass is 556 g/mol. The van der Waals surface area contributed by atoms with Gasteiger partial charge in [0.25, 0.3) is 5.56 Å². The van der Waals surface area contributed by atoms with Gasteiger partial charge in [0.15, 0.2) is 4.80 Å². The molecule has 9 heteroatoms. The molecule has 3 aromatic rings. The topological polar surface area (TPSA) is 90.1 Å². The number of phenols is 1. The summed E-state index contributed by atoms with van der Waals surface area (Å²) >= 11 is 4.73. The summed E-state index contributed by atoms with van der Waals surface area (Å²) in [6.45, 7) is 3.95. The van der Waals surface area contributed by atoms with Crippen molar-refractivity contribution in [3.05, 3.63) is 89.0 Å². The number of hydrogen-bond acceptors (Lipinski definition) is 7. The van der Waals surface area contributed by atoms with Crippen LogP contribution in [0.5, 0.6) is 11.5 Å². The smallest absolute Gasteiger partial charge is 0.338 e. The van der Waals surface area contributed by atoms with Gasteiger partial charge in [0.1, 0.15) is 17.5 Å². The van der Waals surface area contributed by atoms with Gasteiger partial charge in [-0.25, -0.2) is 9.79 Å². The Morgan fingerprint density at radius 2 is 2.03 bits per heavy atom. The second-order valence-electron chi connectivity index (χ2n) is 7.86. The number of phenolic OH excluding ortho intramolecular Hbond substituents is 1. The largest absolute Gasteiger partial charge is 0.507 e. The van der Waals surface area contributed by atoms with Crippen molar-refractivity contribution in [2.24, 2.45) is 4.99 Å². The van der Waals surface area contributed by atoms with Gasteiger partial charge < -0.3 is 14.6 Å². The Balaban J connectivity index is 2.07. The number of thiazole rings is 1. The molecule has 4 rings (SSSR count). The molecular weight excluding hydrogens is 532 g/mol. The lowest BCUT2D eigenvalue weighted by molar-refractivity contribution is -0.139. The number of allylic oxidation sites excluding steroid dienone is 1. The molecule has 0 saturated carbocycles. The molecule has 1 N–H and O–H groups in total. The number of hydrogen-bond donors (Lipinski definition) is 1. The quantitative estimate of drug-likeness (QED) is 0.443. The van der Waals surface area contributed by atoms with Gasteiger partial charge in [-0.1, -0.05) is 58.8 Å². The number of para-hydroxylation sites is 1. The van der Waals surface area contributed by atoms with Crippen LogP contribution < -0.4 is 19.6 Å². The van der Waals surface area contributed by atoms with Gasteiger partial charge in [-0.05, 0) is 43.7 Å². The second-order valence-corrected chi connectivity index (χ2v) is 9.78. The van der Waals surface area contributed by atoms with Gasteiger partial charge in [-0.15, -0.1) is 0 Å². The molecule has 1 aliphatic rings. The van der Waals surface area contributed by atoms with E-state index in [1.807, 2.05) is 19.1 Å². The summed E-state index contributed by atoms with van der Waals surface area (Å²) in [5.74, 6) is 0.0946. The summed E-state index contributed by atoms with van der Waals surface area (Å²) in [7, 11) is 1.55. The number of halogens is 1. The summed E-state index contributed by atoms with van der Waals surface area (Å²) in [5.41, 5.74) is 1.76. The van der Waals surface area contributed by atoms with Gasteiger partial charge in [-0.3, -0.25) is 9.36 Å². The van der Waals surface area contributed by atoms with E-state index >= 15 is 0 Å². The van der Waals surface area contributed by atoms with Crippen LogP contribution in [-0.2, 0) is 9.53 Å². The fraction of sp³-hybridized carbons (Fsp3) is 0.269. The van der Waals surface area contributed by atoms with Crippen LogP contribution in [0.2, 0.25) is 0 Å². The van der Waals surface area contributed by atoms with E-state index in [4.69, 9.17) is 14.5 Å². The standard InChI is InChI=1S/C26H25BrN2O5S/c1-4-8-18-22(25(32)34-5-2)23(17-14-16(27)11-12-20(17)33-3)29-24(31)21(35-26(29)28-18)13-15-9-6-7-10-19(15)30/h6-7,9-14,23,30H,4-5,8H2,1-3H3/b21-13+/t23-/m0/s1. The molecular formula is C26H25BrN2O5S. The maximum atomic E-state index is 13.8. The van der Waals surface area contributed by atoms with E-state index in [1.165, 1.54) is 15.9 Å². The Kier molecular flexibility index (Phi) is 7.57. The van der Waals surface area contributed by atoms with Crippen LogP contribution >= 0.6 is 27.3 Å². The van der Waals surface area contributed by atoms with E-state index in [9.17, 15) is 14.7 Å². The number of methoxy groups -OCH3 is 1. The number of aromatic nitrogens is 1. The lowest BCUT2D eigenvalue weighted by Crippen LogP contribution is -2.40. The van der Waals surface area contributed by atoms with E-state index in [1.54, 1.807) is 50.4 Å². The first-order valence-corrected chi connectivity index (χ1v) is 12.8. The molecule has 0 amide bonds. The molecule has 2 aromatic carbocycles. The second kappa shape index (κ2) is 10.6. The molecule has 0 aliphatic carbocycles. The summed E-state index contributed by atoms with van der Waals surface area (Å²) in [6.07, 6.45) is 2.95. The van der Waals surface area contributed by atoms with Crippen LogP contribution in [0, 0.1) is 0 Å². The minimum Gasteiger partial charge on any atom is -0.507 e. The van der Waals surface area contributed by atoms with E-state index in [0.717, 1.165) is 10.9 Å². The van der Waals surface area contributed by atoms with E-state index in [2.05, 4.69) is 15.9 Å². The van der Waals surface area contributed by atoms with Crippen LogP contribution in [0.15, 0.2) is 68.0 Å². The third-order valence-electron chi connectivity index (χ3n) is 5.60. The summed E-state index contributed by atoms with van der Waals surface area (Å²) in [4.78, 5) is 32.2. The third-order valence-corrected chi connectivity index (χ3v) is 7.08. The van der Waals surface area contributed by atoms with Crippen LogP contribution in [-0.4, -0.2) is 29.4 Å². The number of carbonyl (C=O) groups is 1. The fourth-order valence-corrected chi connectivity index (χ4v) is 5.47. The minimum atomic E-state index is -0.786. The zero-order valence-corrected chi connectivity index (χ0v) is 22.0. The number of esters is 1. The number of aromatic hydroxyl groups is 1. The molecule has 1 atom stereocenters. The summed E-state index contributed by atoms with van der Waals surface area (Å²) in [6, 6.07) is 11.5. The van der Waals surface area contributed by atoms with E-state index in [-0.39, 0.29) is 17.9 Å². The first-order chi connectivity index (χ1) is 16.9. The molecule has 35 heavy (non-hydrogen) atoms. The molecule has 182 valence electrons. The summed E-state index contributed by atoms with van der Waals surface area (Å²) in [5, 5.41) is 10.2. The SMILES string of the molecule is CCCC1=C(C(=O)OCC)[C@H](c2cc(Br)ccc2OC)n2c(s/c(=C/c3ccccc3O)c2=O)=N1. The lowest BCUT2D eigenvalue weighted by atomic mass is 9.93. The zero-order valence-electron chi connectivity index (χ0n) is 19.6. The lowest BCUT2D eigenvalue weighted by Gasteiger charge is -2.27. The first kappa shape index (κ1) is 24.9. The third kappa shape index (κ3) is 4.83. The highest BCUT2D eigenvalue weighted by molar-refractivity contribution is 9.10. The van der Waals surface area contributed by atoms with Crippen LogP contribution in [0.3, 0.4) is 0 Å². The normalized spacial score (nSPS) is 15.5. The maximum Gasteiger partial charge on any atom is 0.338 e. The Bertz CT molecular complexity index is 1490. The fourth-order valence-electron chi connectivity index (χ4n) is 4.08. The number of ether oxygens (including phenoxy) is 2. The Hall–Kier alpha value is -3.17. The highest BCUT2D eigenvalue weighted by Gasteiger charge is 2.36. The molecule has 0 spiro atoms. The highest BCUT2D eigenvalue weighted by atomic mass is 79.9. The molecule has 0 unspecified atom stereocenters. The van der Waals surface area contributed by atoms with Gasteiger partial charge in [0, 0.05) is 15.6 Å². The molecule has 0 radical (unpaired) electrons. The number of nitrogens with zero attached hydrogens (tertiary/aromatic N) is 2. The van der Waals surface area contributed by atoms with Crippen molar-refractivity contribution in [2.45, 2.75) is 32.7 Å². The molecule has 7 nitrogen and oxygen atoms in total. The Labute approximate surface area is 214 Å². The number of rotatable bonds is 7. The summed E-state index contributed by atoms with van der Waals surface area (Å²) < 4.78 is 13.7. The molecule has 1 aromatic heterocycles. The van der Waals surface area contributed by atoms with Crippen LogP contribution in [0.4, 0.5) is 0 Å². The molecule has 0 fully saturated rings. The van der Waals surface area contributed by atoms with Gasteiger partial charge in [0.05, 0.1) is 29.5 Å². The molecule has 2 heterocycles. The molecule has 0 bridgehead atoms. The molecule has 1 aliphatic heterocycles. The van der Waals surface area contributed by atoms with Gasteiger partial charge in [-0.2, -0.15) is 0 Å².